The van der Waals surface area contributed by atoms with Gasteiger partial charge >= 0.3 is 0 Å². The third-order valence-corrected chi connectivity index (χ3v) is 5.38. The summed E-state index contributed by atoms with van der Waals surface area (Å²) in [5.41, 5.74) is 1.99. The van der Waals surface area contributed by atoms with Crippen molar-refractivity contribution in [2.75, 3.05) is 6.54 Å². The first-order valence-electron chi connectivity index (χ1n) is 7.51. The molecule has 7 nitrogen and oxygen atoms in total. The number of hydrogen-bond donors (Lipinski definition) is 1. The first kappa shape index (κ1) is 17.5. The van der Waals surface area contributed by atoms with Crippen molar-refractivity contribution in [3.63, 3.8) is 0 Å². The summed E-state index contributed by atoms with van der Waals surface area (Å²) in [4.78, 5) is 8.36. The van der Waals surface area contributed by atoms with Crippen LogP contribution in [0.5, 0.6) is 0 Å². The Labute approximate surface area is 150 Å². The van der Waals surface area contributed by atoms with Gasteiger partial charge in [0.05, 0.1) is 17.6 Å². The number of aryl methyl sites for hydroxylation is 1. The Morgan fingerprint density at radius 1 is 1.20 bits per heavy atom. The van der Waals surface area contributed by atoms with E-state index in [0.717, 1.165) is 0 Å². The molecule has 0 bridgehead atoms. The Kier molecular flexibility index (Phi) is 5.12. The normalized spacial score (nSPS) is 11.6. The molecule has 0 saturated heterocycles. The Hall–Kier alpha value is -2.29. The van der Waals surface area contributed by atoms with E-state index in [0.29, 0.717) is 28.5 Å². The molecule has 3 aromatic rings. The molecule has 0 radical (unpaired) electrons. The van der Waals surface area contributed by atoms with E-state index >= 15 is 0 Å². The third kappa shape index (κ3) is 4.22. The number of rotatable bonds is 6. The van der Waals surface area contributed by atoms with E-state index < -0.39 is 10.0 Å². The molecule has 0 saturated carbocycles. The van der Waals surface area contributed by atoms with Crippen LogP contribution in [-0.4, -0.2) is 34.7 Å². The Bertz CT molecular complexity index is 973. The fourth-order valence-electron chi connectivity index (χ4n) is 2.29. The molecule has 0 amide bonds. The quantitative estimate of drug-likeness (QED) is 0.711. The van der Waals surface area contributed by atoms with Crippen molar-refractivity contribution in [2.45, 2.75) is 18.4 Å². The molecule has 130 valence electrons. The van der Waals surface area contributed by atoms with Gasteiger partial charge in [-0.25, -0.2) is 13.1 Å². The van der Waals surface area contributed by atoms with E-state index in [4.69, 9.17) is 11.6 Å². The lowest BCUT2D eigenvalue weighted by Crippen LogP contribution is -2.28. The maximum absolute atomic E-state index is 12.4. The molecule has 0 spiro atoms. The largest absolute Gasteiger partial charge is 0.271 e. The fraction of sp³-hybridized carbons (Fsp3) is 0.188. The molecule has 0 unspecified atom stereocenters. The number of hydrogen-bond acceptors (Lipinski definition) is 5. The number of aromatic nitrogens is 4. The molecule has 2 aromatic heterocycles. The fourth-order valence-corrected chi connectivity index (χ4v) is 3.82. The highest BCUT2D eigenvalue weighted by atomic mass is 35.5. The van der Waals surface area contributed by atoms with E-state index in [1.165, 1.54) is 6.07 Å². The van der Waals surface area contributed by atoms with Crippen molar-refractivity contribution >= 4 is 21.6 Å². The predicted molar refractivity (Wildman–Crippen MR) is 94.6 cm³/mol. The first-order chi connectivity index (χ1) is 12.0. The van der Waals surface area contributed by atoms with E-state index in [1.807, 2.05) is 0 Å². The Morgan fingerprint density at radius 3 is 2.80 bits per heavy atom. The molecule has 0 aliphatic heterocycles. The minimum Gasteiger partial charge on any atom is -0.271 e. The third-order valence-electron chi connectivity index (χ3n) is 3.54. The maximum atomic E-state index is 12.4. The zero-order valence-electron chi connectivity index (χ0n) is 13.4. The minimum atomic E-state index is -3.63. The number of sulfonamides is 1. The predicted octanol–water partition coefficient (Wildman–Crippen LogP) is 2.28. The van der Waals surface area contributed by atoms with Gasteiger partial charge in [-0.15, -0.1) is 0 Å². The topological polar surface area (TPSA) is 89.8 Å². The molecule has 0 aliphatic carbocycles. The number of halogens is 1. The zero-order valence-corrected chi connectivity index (χ0v) is 15.0. The monoisotopic (exact) mass is 377 g/mol. The number of nitrogens with zero attached hydrogens (tertiary/aromatic N) is 4. The summed E-state index contributed by atoms with van der Waals surface area (Å²) in [5, 5.41) is 4.74. The molecular weight excluding hydrogens is 362 g/mol. The van der Waals surface area contributed by atoms with Crippen LogP contribution in [0.15, 0.2) is 53.9 Å². The maximum Gasteiger partial charge on any atom is 0.240 e. The van der Waals surface area contributed by atoms with Gasteiger partial charge in [0.1, 0.15) is 11.4 Å². The van der Waals surface area contributed by atoms with Gasteiger partial charge in [0, 0.05) is 30.2 Å². The Balaban J connectivity index is 1.65. The molecular formula is C16H16ClN5O2S. The van der Waals surface area contributed by atoms with Gasteiger partial charge in [-0.3, -0.25) is 14.6 Å². The molecule has 0 fully saturated rings. The first-order valence-corrected chi connectivity index (χ1v) is 9.37. The Morgan fingerprint density at radius 2 is 2.04 bits per heavy atom. The van der Waals surface area contributed by atoms with Crippen molar-refractivity contribution in [1.82, 2.24) is 24.5 Å². The van der Waals surface area contributed by atoms with Crippen LogP contribution in [0.25, 0.3) is 11.4 Å². The van der Waals surface area contributed by atoms with Crippen LogP contribution in [0.1, 0.15) is 5.56 Å². The molecule has 1 aromatic carbocycles. The van der Waals surface area contributed by atoms with Crippen LogP contribution in [-0.2, 0) is 16.6 Å². The van der Waals surface area contributed by atoms with Crippen molar-refractivity contribution in [3.05, 3.63) is 59.6 Å². The van der Waals surface area contributed by atoms with E-state index in [9.17, 15) is 8.42 Å². The van der Waals surface area contributed by atoms with Gasteiger partial charge < -0.3 is 0 Å². The molecule has 3 rings (SSSR count). The van der Waals surface area contributed by atoms with Gasteiger partial charge in [-0.05, 0) is 30.7 Å². The summed E-state index contributed by atoms with van der Waals surface area (Å²) in [6.07, 6.45) is 6.57. The summed E-state index contributed by atoms with van der Waals surface area (Å²) in [6, 6.07) is 6.59. The lowest BCUT2D eigenvalue weighted by atomic mass is 10.2. The van der Waals surface area contributed by atoms with Gasteiger partial charge in [0.25, 0.3) is 0 Å². The molecule has 25 heavy (non-hydrogen) atoms. The average Bonchev–Trinajstić information content (AvgIpc) is 3.06. The summed E-state index contributed by atoms with van der Waals surface area (Å²) in [7, 11) is -3.63. The van der Waals surface area contributed by atoms with Crippen LogP contribution in [0, 0.1) is 6.92 Å². The molecule has 0 aliphatic rings. The second-order valence-corrected chi connectivity index (χ2v) is 7.53. The number of nitrogens with one attached hydrogen (secondary N) is 1. The van der Waals surface area contributed by atoms with Gasteiger partial charge in [0.2, 0.25) is 10.0 Å². The molecule has 0 atom stereocenters. The zero-order chi connectivity index (χ0) is 17.9. The van der Waals surface area contributed by atoms with Crippen LogP contribution >= 0.6 is 11.6 Å². The summed E-state index contributed by atoms with van der Waals surface area (Å²) < 4.78 is 29.0. The average molecular weight is 378 g/mol. The lowest BCUT2D eigenvalue weighted by molar-refractivity contribution is 0.561. The summed E-state index contributed by atoms with van der Waals surface area (Å²) in [6.45, 7) is 2.32. The summed E-state index contributed by atoms with van der Waals surface area (Å²) in [5.74, 6) is 0. The van der Waals surface area contributed by atoms with Crippen LogP contribution in [0.2, 0.25) is 5.02 Å². The lowest BCUT2D eigenvalue weighted by Gasteiger charge is -2.09. The van der Waals surface area contributed by atoms with Crippen LogP contribution in [0.4, 0.5) is 0 Å². The van der Waals surface area contributed by atoms with Gasteiger partial charge in [-0.1, -0.05) is 17.7 Å². The van der Waals surface area contributed by atoms with Crippen molar-refractivity contribution in [1.29, 1.82) is 0 Å². The van der Waals surface area contributed by atoms with Gasteiger partial charge in [-0.2, -0.15) is 5.10 Å². The summed E-state index contributed by atoms with van der Waals surface area (Å²) >= 11 is 5.90. The molecule has 2 heterocycles. The second-order valence-electron chi connectivity index (χ2n) is 5.36. The van der Waals surface area contributed by atoms with E-state index in [2.05, 4.69) is 19.8 Å². The van der Waals surface area contributed by atoms with E-state index in [-0.39, 0.29) is 11.4 Å². The van der Waals surface area contributed by atoms with E-state index in [1.54, 1.807) is 54.6 Å². The second kappa shape index (κ2) is 7.30. The van der Waals surface area contributed by atoms with Crippen LogP contribution in [0.3, 0.4) is 0 Å². The number of benzene rings is 1. The highest BCUT2D eigenvalue weighted by Crippen LogP contribution is 2.19. The smallest absolute Gasteiger partial charge is 0.240 e. The van der Waals surface area contributed by atoms with Crippen molar-refractivity contribution in [2.24, 2.45) is 0 Å². The van der Waals surface area contributed by atoms with Crippen molar-refractivity contribution in [3.8, 4) is 11.4 Å². The van der Waals surface area contributed by atoms with Crippen molar-refractivity contribution < 1.29 is 8.42 Å². The SMILES string of the molecule is Cc1ccc(Cl)cc1S(=O)(=O)NCCn1ccc(-c2cnccn2)n1. The highest BCUT2D eigenvalue weighted by Gasteiger charge is 2.16. The molecule has 9 heteroatoms. The minimum absolute atomic E-state index is 0.181. The molecule has 1 N–H and O–H groups in total. The van der Waals surface area contributed by atoms with Crippen LogP contribution < -0.4 is 4.72 Å². The standard InChI is InChI=1S/C16H16ClN5O2S/c1-12-2-3-13(17)10-16(12)25(23,24)20-7-9-22-8-4-14(21-22)15-11-18-5-6-19-15/h2-6,8,10-11,20H,7,9H2,1H3. The highest BCUT2D eigenvalue weighted by molar-refractivity contribution is 7.89. The van der Waals surface area contributed by atoms with Gasteiger partial charge in [0.15, 0.2) is 0 Å².